The van der Waals surface area contributed by atoms with Crippen molar-refractivity contribution in [3.05, 3.63) is 0 Å². The fourth-order valence-corrected chi connectivity index (χ4v) is 3.97. The van der Waals surface area contributed by atoms with Crippen LogP contribution in [0.5, 0.6) is 0 Å². The molecule has 0 amide bonds. The van der Waals surface area contributed by atoms with Crippen LogP contribution in [-0.2, 0) is 0 Å². The molecule has 1 rings (SSSR count). The van der Waals surface area contributed by atoms with Crippen molar-refractivity contribution in [2.75, 3.05) is 12.4 Å². The van der Waals surface area contributed by atoms with Crippen molar-refractivity contribution in [1.82, 2.24) is 5.32 Å². The molecule has 1 aliphatic rings. The van der Waals surface area contributed by atoms with Gasteiger partial charge in [-0.2, -0.15) is 11.8 Å². The SMILES string of the molecule is CC(C)NC(C)(CO)CCCSC1CCCC1. The van der Waals surface area contributed by atoms with Crippen molar-refractivity contribution in [2.45, 2.75) is 76.1 Å². The van der Waals surface area contributed by atoms with E-state index in [9.17, 15) is 5.11 Å². The lowest BCUT2D eigenvalue weighted by molar-refractivity contribution is 0.156. The second kappa shape index (κ2) is 7.65. The van der Waals surface area contributed by atoms with Crippen molar-refractivity contribution in [2.24, 2.45) is 0 Å². The van der Waals surface area contributed by atoms with E-state index < -0.39 is 0 Å². The first-order valence-corrected chi connectivity index (χ1v) is 8.11. The molecule has 0 bridgehead atoms. The van der Waals surface area contributed by atoms with E-state index >= 15 is 0 Å². The summed E-state index contributed by atoms with van der Waals surface area (Å²) >= 11 is 2.14. The summed E-state index contributed by atoms with van der Waals surface area (Å²) in [5.41, 5.74) is -0.0929. The zero-order chi connectivity index (χ0) is 12.7. The first-order valence-electron chi connectivity index (χ1n) is 7.06. The van der Waals surface area contributed by atoms with Gasteiger partial charge in [-0.25, -0.2) is 0 Å². The summed E-state index contributed by atoms with van der Waals surface area (Å²) in [5, 5.41) is 13.9. The minimum atomic E-state index is -0.0929. The monoisotopic (exact) mass is 259 g/mol. The molecule has 0 aliphatic heterocycles. The predicted molar refractivity (Wildman–Crippen MR) is 77.7 cm³/mol. The van der Waals surface area contributed by atoms with Gasteiger partial charge in [0.25, 0.3) is 0 Å². The Morgan fingerprint density at radius 2 is 2.00 bits per heavy atom. The van der Waals surface area contributed by atoms with Crippen molar-refractivity contribution in [3.8, 4) is 0 Å². The Kier molecular flexibility index (Phi) is 6.90. The van der Waals surface area contributed by atoms with Crippen LogP contribution in [0.25, 0.3) is 0 Å². The highest BCUT2D eigenvalue weighted by molar-refractivity contribution is 7.99. The van der Waals surface area contributed by atoms with E-state index in [1.807, 2.05) is 0 Å². The molecule has 1 fully saturated rings. The molecule has 0 spiro atoms. The normalized spacial score (nSPS) is 21.0. The van der Waals surface area contributed by atoms with Crippen LogP contribution < -0.4 is 5.32 Å². The first-order chi connectivity index (χ1) is 8.06. The largest absolute Gasteiger partial charge is 0.394 e. The number of aliphatic hydroxyl groups excluding tert-OH is 1. The Bertz CT molecular complexity index is 204. The molecule has 3 heteroatoms. The molecule has 1 saturated carbocycles. The van der Waals surface area contributed by atoms with Crippen LogP contribution in [0, 0.1) is 0 Å². The van der Waals surface area contributed by atoms with Gasteiger partial charge in [0.15, 0.2) is 0 Å². The molecule has 0 aromatic rings. The van der Waals surface area contributed by atoms with E-state index in [-0.39, 0.29) is 12.1 Å². The maximum Gasteiger partial charge on any atom is 0.0610 e. The zero-order valence-corrected chi connectivity index (χ0v) is 12.5. The minimum Gasteiger partial charge on any atom is -0.394 e. The number of aliphatic hydroxyl groups is 1. The van der Waals surface area contributed by atoms with Crippen LogP contribution in [-0.4, -0.2) is 34.3 Å². The molecule has 0 aromatic heterocycles. The highest BCUT2D eigenvalue weighted by Crippen LogP contribution is 2.30. The third-order valence-corrected chi connectivity index (χ3v) is 4.98. The van der Waals surface area contributed by atoms with Gasteiger partial charge in [0.1, 0.15) is 0 Å². The van der Waals surface area contributed by atoms with Gasteiger partial charge in [-0.1, -0.05) is 26.7 Å². The van der Waals surface area contributed by atoms with Gasteiger partial charge in [0, 0.05) is 16.8 Å². The van der Waals surface area contributed by atoms with Crippen LogP contribution >= 0.6 is 11.8 Å². The summed E-state index contributed by atoms with van der Waals surface area (Å²) in [5.74, 6) is 1.25. The van der Waals surface area contributed by atoms with E-state index in [4.69, 9.17) is 0 Å². The lowest BCUT2D eigenvalue weighted by Crippen LogP contribution is -2.49. The molecule has 0 heterocycles. The maximum atomic E-state index is 9.48. The standard InChI is InChI=1S/C14H29NOS/c1-12(2)15-14(3,11-16)9-6-10-17-13-7-4-5-8-13/h12-13,15-16H,4-11H2,1-3H3. The van der Waals surface area contributed by atoms with Gasteiger partial charge in [-0.3, -0.25) is 0 Å². The molecule has 1 unspecified atom stereocenters. The number of rotatable bonds is 8. The number of thioether (sulfide) groups is 1. The van der Waals surface area contributed by atoms with Gasteiger partial charge in [-0.05, 0) is 38.4 Å². The molecular formula is C14H29NOS. The van der Waals surface area contributed by atoms with Crippen LogP contribution in [0.15, 0.2) is 0 Å². The molecule has 2 N–H and O–H groups in total. The molecule has 1 atom stereocenters. The minimum absolute atomic E-state index is 0.0929. The summed E-state index contributed by atoms with van der Waals surface area (Å²) < 4.78 is 0. The topological polar surface area (TPSA) is 32.3 Å². The van der Waals surface area contributed by atoms with E-state index in [0.717, 1.165) is 11.7 Å². The van der Waals surface area contributed by atoms with Crippen molar-refractivity contribution < 1.29 is 5.11 Å². The quantitative estimate of drug-likeness (QED) is 0.657. The third kappa shape index (κ3) is 6.12. The van der Waals surface area contributed by atoms with Gasteiger partial charge in [0.05, 0.1) is 6.61 Å². The number of hydrogen-bond acceptors (Lipinski definition) is 3. The predicted octanol–water partition coefficient (Wildman–Crippen LogP) is 3.19. The lowest BCUT2D eigenvalue weighted by Gasteiger charge is -2.31. The Morgan fingerprint density at radius 3 is 2.53 bits per heavy atom. The molecule has 0 radical (unpaired) electrons. The molecular weight excluding hydrogens is 230 g/mol. The lowest BCUT2D eigenvalue weighted by atomic mass is 9.96. The molecule has 0 aromatic carbocycles. The third-order valence-electron chi connectivity index (χ3n) is 3.51. The second-order valence-electron chi connectivity index (χ2n) is 5.90. The van der Waals surface area contributed by atoms with Gasteiger partial charge >= 0.3 is 0 Å². The van der Waals surface area contributed by atoms with Crippen LogP contribution in [0.2, 0.25) is 0 Å². The Morgan fingerprint density at radius 1 is 1.35 bits per heavy atom. The Labute approximate surface area is 111 Å². The van der Waals surface area contributed by atoms with Crippen molar-refractivity contribution in [3.63, 3.8) is 0 Å². The fourth-order valence-electron chi connectivity index (χ4n) is 2.66. The average molecular weight is 259 g/mol. The second-order valence-corrected chi connectivity index (χ2v) is 7.31. The highest BCUT2D eigenvalue weighted by atomic mass is 32.2. The van der Waals surface area contributed by atoms with Gasteiger partial charge < -0.3 is 10.4 Å². The highest BCUT2D eigenvalue weighted by Gasteiger charge is 2.23. The molecule has 2 nitrogen and oxygen atoms in total. The van der Waals surface area contributed by atoms with Crippen molar-refractivity contribution in [1.29, 1.82) is 0 Å². The first kappa shape index (κ1) is 15.3. The summed E-state index contributed by atoms with van der Waals surface area (Å²) in [4.78, 5) is 0. The Balaban J connectivity index is 2.13. The molecule has 1 aliphatic carbocycles. The smallest absolute Gasteiger partial charge is 0.0610 e. The van der Waals surface area contributed by atoms with Gasteiger partial charge in [-0.15, -0.1) is 0 Å². The summed E-state index contributed by atoms with van der Waals surface area (Å²) in [7, 11) is 0. The van der Waals surface area contributed by atoms with E-state index in [2.05, 4.69) is 37.8 Å². The van der Waals surface area contributed by atoms with Gasteiger partial charge in [0.2, 0.25) is 0 Å². The number of hydrogen-bond donors (Lipinski definition) is 2. The van der Waals surface area contributed by atoms with E-state index in [1.54, 1.807) is 0 Å². The van der Waals surface area contributed by atoms with E-state index in [0.29, 0.717) is 6.04 Å². The van der Waals surface area contributed by atoms with Crippen LogP contribution in [0.4, 0.5) is 0 Å². The average Bonchev–Trinajstić information content (AvgIpc) is 2.76. The summed E-state index contributed by atoms with van der Waals surface area (Å²) in [6.45, 7) is 6.65. The molecule has 17 heavy (non-hydrogen) atoms. The van der Waals surface area contributed by atoms with Crippen LogP contribution in [0.3, 0.4) is 0 Å². The zero-order valence-electron chi connectivity index (χ0n) is 11.7. The summed E-state index contributed by atoms with van der Waals surface area (Å²) in [6.07, 6.45) is 7.99. The molecule has 0 saturated heterocycles. The summed E-state index contributed by atoms with van der Waals surface area (Å²) in [6, 6.07) is 0.439. The fraction of sp³-hybridized carbons (Fsp3) is 1.00. The van der Waals surface area contributed by atoms with Crippen molar-refractivity contribution >= 4 is 11.8 Å². The maximum absolute atomic E-state index is 9.48. The number of nitrogens with one attached hydrogen (secondary N) is 1. The van der Waals surface area contributed by atoms with Crippen LogP contribution in [0.1, 0.15) is 59.3 Å². The Hall–Kier alpha value is 0.270. The molecule has 102 valence electrons. The van der Waals surface area contributed by atoms with E-state index in [1.165, 1.54) is 37.9 Å².